The van der Waals surface area contributed by atoms with E-state index in [4.69, 9.17) is 11.6 Å². The standard InChI is InChI=1S/C24H31ClN4O3/c1-19(30)28-22(23(31)27-17-20-9-4-2-5-10-20)13-8-16-29(24(32)26-15-14-25)18-21-11-6-3-7-12-21/h2-7,9-12,22H,8,13-18H2,1H3,(H,26,32)(H,27,31)(H,28,30)/t22-/m0/s1. The van der Waals surface area contributed by atoms with Crippen LogP contribution in [0.4, 0.5) is 4.79 Å². The molecule has 2 aromatic rings. The molecule has 0 fully saturated rings. The van der Waals surface area contributed by atoms with Crippen LogP contribution >= 0.6 is 11.6 Å². The van der Waals surface area contributed by atoms with Crippen LogP contribution in [0.1, 0.15) is 30.9 Å². The fraction of sp³-hybridized carbons (Fsp3) is 0.375. The van der Waals surface area contributed by atoms with Crippen molar-refractivity contribution < 1.29 is 14.4 Å². The zero-order valence-electron chi connectivity index (χ0n) is 18.4. The molecular formula is C24H31ClN4O3. The summed E-state index contributed by atoms with van der Waals surface area (Å²) in [6.07, 6.45) is 0.957. The van der Waals surface area contributed by atoms with Crippen molar-refractivity contribution in [3.8, 4) is 0 Å². The minimum absolute atomic E-state index is 0.209. The van der Waals surface area contributed by atoms with Gasteiger partial charge in [0.05, 0.1) is 0 Å². The number of rotatable bonds is 12. The van der Waals surface area contributed by atoms with Crippen LogP contribution in [0.5, 0.6) is 0 Å². The molecule has 0 unspecified atom stereocenters. The summed E-state index contributed by atoms with van der Waals surface area (Å²) in [5.41, 5.74) is 1.99. The second-order valence-electron chi connectivity index (χ2n) is 7.43. The molecule has 0 bridgehead atoms. The summed E-state index contributed by atoms with van der Waals surface area (Å²) in [7, 11) is 0. The molecule has 0 aromatic heterocycles. The summed E-state index contributed by atoms with van der Waals surface area (Å²) in [5.74, 6) is -0.187. The fourth-order valence-corrected chi connectivity index (χ4v) is 3.33. The van der Waals surface area contributed by atoms with E-state index >= 15 is 0 Å². The molecule has 4 amide bonds. The molecule has 2 aromatic carbocycles. The summed E-state index contributed by atoms with van der Waals surface area (Å²) < 4.78 is 0. The SMILES string of the molecule is CC(=O)N[C@@H](CCCN(Cc1ccccc1)C(=O)NCCCl)C(=O)NCc1ccccc1. The van der Waals surface area contributed by atoms with E-state index < -0.39 is 6.04 Å². The molecule has 3 N–H and O–H groups in total. The lowest BCUT2D eigenvalue weighted by Crippen LogP contribution is -2.46. The fourth-order valence-electron chi connectivity index (χ4n) is 3.23. The van der Waals surface area contributed by atoms with E-state index in [1.165, 1.54) is 6.92 Å². The first-order chi connectivity index (χ1) is 15.5. The van der Waals surface area contributed by atoms with Crippen LogP contribution in [0.3, 0.4) is 0 Å². The van der Waals surface area contributed by atoms with Crippen molar-refractivity contribution >= 4 is 29.4 Å². The molecule has 32 heavy (non-hydrogen) atoms. The molecule has 8 heteroatoms. The highest BCUT2D eigenvalue weighted by molar-refractivity contribution is 6.18. The maximum Gasteiger partial charge on any atom is 0.317 e. The molecule has 0 aliphatic carbocycles. The molecule has 7 nitrogen and oxygen atoms in total. The molecular weight excluding hydrogens is 428 g/mol. The topological polar surface area (TPSA) is 90.5 Å². The lowest BCUT2D eigenvalue weighted by molar-refractivity contribution is -0.128. The van der Waals surface area contributed by atoms with Crippen molar-refractivity contribution in [1.29, 1.82) is 0 Å². The van der Waals surface area contributed by atoms with Gasteiger partial charge in [-0.05, 0) is 24.0 Å². The zero-order chi connectivity index (χ0) is 23.2. The second-order valence-corrected chi connectivity index (χ2v) is 7.80. The first-order valence-corrected chi connectivity index (χ1v) is 11.2. The Morgan fingerprint density at radius 1 is 0.938 bits per heavy atom. The molecule has 0 radical (unpaired) electrons. The minimum atomic E-state index is -0.666. The summed E-state index contributed by atoms with van der Waals surface area (Å²) in [4.78, 5) is 38.5. The van der Waals surface area contributed by atoms with Crippen LogP contribution in [0.15, 0.2) is 60.7 Å². The number of carbonyl (C=O) groups is 3. The van der Waals surface area contributed by atoms with Crippen molar-refractivity contribution in [2.24, 2.45) is 0 Å². The van der Waals surface area contributed by atoms with Gasteiger partial charge in [0, 0.05) is 39.0 Å². The lowest BCUT2D eigenvalue weighted by atomic mass is 10.1. The minimum Gasteiger partial charge on any atom is -0.350 e. The zero-order valence-corrected chi connectivity index (χ0v) is 19.1. The average molecular weight is 459 g/mol. The van der Waals surface area contributed by atoms with Gasteiger partial charge in [0.2, 0.25) is 11.8 Å². The molecule has 2 rings (SSSR count). The van der Waals surface area contributed by atoms with Gasteiger partial charge in [0.15, 0.2) is 0 Å². The highest BCUT2D eigenvalue weighted by Crippen LogP contribution is 2.08. The maximum atomic E-state index is 12.7. The largest absolute Gasteiger partial charge is 0.350 e. The maximum absolute atomic E-state index is 12.7. The smallest absolute Gasteiger partial charge is 0.317 e. The average Bonchev–Trinajstić information content (AvgIpc) is 2.80. The van der Waals surface area contributed by atoms with Crippen LogP contribution in [0.2, 0.25) is 0 Å². The molecule has 0 aliphatic heterocycles. The number of benzene rings is 2. The van der Waals surface area contributed by atoms with E-state index in [9.17, 15) is 14.4 Å². The Hall–Kier alpha value is -3.06. The molecule has 0 saturated carbocycles. The van der Waals surface area contributed by atoms with Crippen LogP contribution < -0.4 is 16.0 Å². The molecule has 0 saturated heterocycles. The molecule has 0 heterocycles. The highest BCUT2D eigenvalue weighted by Gasteiger charge is 2.20. The van der Waals surface area contributed by atoms with E-state index in [1.54, 1.807) is 4.90 Å². The number of nitrogens with one attached hydrogen (secondary N) is 3. The number of alkyl halides is 1. The summed E-state index contributed by atoms with van der Waals surface area (Å²) >= 11 is 5.70. The normalized spacial score (nSPS) is 11.3. The molecule has 0 aliphatic rings. The Labute approximate surface area is 194 Å². The summed E-state index contributed by atoms with van der Waals surface area (Å²) in [6.45, 7) is 3.03. The van der Waals surface area contributed by atoms with E-state index in [0.29, 0.717) is 44.9 Å². The Balaban J connectivity index is 1.94. The first kappa shape index (κ1) is 25.2. The van der Waals surface area contributed by atoms with Crippen molar-refractivity contribution in [1.82, 2.24) is 20.9 Å². The van der Waals surface area contributed by atoms with Gasteiger partial charge in [0.25, 0.3) is 0 Å². The van der Waals surface area contributed by atoms with Gasteiger partial charge in [0.1, 0.15) is 6.04 Å². The van der Waals surface area contributed by atoms with E-state index in [2.05, 4.69) is 16.0 Å². The van der Waals surface area contributed by atoms with Crippen molar-refractivity contribution in [3.05, 3.63) is 71.8 Å². The van der Waals surface area contributed by atoms with Crippen LogP contribution in [0, 0.1) is 0 Å². The highest BCUT2D eigenvalue weighted by atomic mass is 35.5. The number of hydrogen-bond acceptors (Lipinski definition) is 3. The van der Waals surface area contributed by atoms with Crippen molar-refractivity contribution in [3.63, 3.8) is 0 Å². The Kier molecular flexibility index (Phi) is 11.1. The van der Waals surface area contributed by atoms with E-state index in [1.807, 2.05) is 60.7 Å². The first-order valence-electron chi connectivity index (χ1n) is 10.7. The van der Waals surface area contributed by atoms with Gasteiger partial charge in [-0.3, -0.25) is 9.59 Å². The Morgan fingerprint density at radius 3 is 2.16 bits per heavy atom. The van der Waals surface area contributed by atoms with Crippen molar-refractivity contribution in [2.45, 2.75) is 38.9 Å². The van der Waals surface area contributed by atoms with E-state index in [0.717, 1.165) is 11.1 Å². The van der Waals surface area contributed by atoms with Gasteiger partial charge in [-0.15, -0.1) is 11.6 Å². The summed E-state index contributed by atoms with van der Waals surface area (Å²) in [6, 6.07) is 18.4. The number of urea groups is 1. The van der Waals surface area contributed by atoms with E-state index in [-0.39, 0.29) is 17.8 Å². The number of carbonyl (C=O) groups excluding carboxylic acids is 3. The van der Waals surface area contributed by atoms with Gasteiger partial charge < -0.3 is 20.9 Å². The van der Waals surface area contributed by atoms with Crippen LogP contribution in [-0.4, -0.2) is 47.8 Å². The second kappa shape index (κ2) is 14.1. The van der Waals surface area contributed by atoms with Crippen LogP contribution in [-0.2, 0) is 22.7 Å². The summed E-state index contributed by atoms with van der Waals surface area (Å²) in [5, 5.41) is 8.38. The van der Waals surface area contributed by atoms with Gasteiger partial charge in [-0.1, -0.05) is 60.7 Å². The van der Waals surface area contributed by atoms with Gasteiger partial charge in [-0.25, -0.2) is 4.79 Å². The molecule has 0 spiro atoms. The Bertz CT molecular complexity index is 849. The Morgan fingerprint density at radius 2 is 1.56 bits per heavy atom. The third-order valence-electron chi connectivity index (χ3n) is 4.80. The predicted octanol–water partition coefficient (Wildman–Crippen LogP) is 3.04. The monoisotopic (exact) mass is 458 g/mol. The number of nitrogens with zero attached hydrogens (tertiary/aromatic N) is 1. The van der Waals surface area contributed by atoms with Crippen molar-refractivity contribution in [2.75, 3.05) is 19.0 Å². The molecule has 172 valence electrons. The number of amides is 4. The number of hydrogen-bond donors (Lipinski definition) is 3. The quantitative estimate of drug-likeness (QED) is 0.427. The predicted molar refractivity (Wildman–Crippen MR) is 126 cm³/mol. The number of halogens is 1. The van der Waals surface area contributed by atoms with Crippen LogP contribution in [0.25, 0.3) is 0 Å². The lowest BCUT2D eigenvalue weighted by Gasteiger charge is -2.24. The van der Waals surface area contributed by atoms with Gasteiger partial charge >= 0.3 is 6.03 Å². The third kappa shape index (κ3) is 9.39. The van der Waals surface area contributed by atoms with Gasteiger partial charge in [-0.2, -0.15) is 0 Å². The molecule has 1 atom stereocenters. The third-order valence-corrected chi connectivity index (χ3v) is 4.99.